The molecule has 1 heterocycles. The molecule has 5 nitrogen and oxygen atoms in total. The van der Waals surface area contributed by atoms with Gasteiger partial charge in [-0.2, -0.15) is 18.2 Å². The van der Waals surface area contributed by atoms with Gasteiger partial charge in [0.1, 0.15) is 5.82 Å². The first-order valence-corrected chi connectivity index (χ1v) is 5.71. The van der Waals surface area contributed by atoms with Crippen LogP contribution >= 0.6 is 0 Å². The normalized spacial score (nSPS) is 12.4. The van der Waals surface area contributed by atoms with Gasteiger partial charge in [0, 0.05) is 25.3 Å². The zero-order valence-electron chi connectivity index (χ0n) is 11.0. The molecule has 3 N–H and O–H groups in total. The van der Waals surface area contributed by atoms with Gasteiger partial charge in [0.25, 0.3) is 0 Å². The van der Waals surface area contributed by atoms with Gasteiger partial charge in [-0.15, -0.1) is 0 Å². The topological polar surface area (TPSA) is 70.1 Å². The lowest BCUT2D eigenvalue weighted by Crippen LogP contribution is -2.32. The largest absolute Gasteiger partial charge is 0.433 e. The number of nitrogens with one attached hydrogen (secondary N) is 2. The Morgan fingerprint density at radius 1 is 1.26 bits per heavy atom. The quantitative estimate of drug-likeness (QED) is 0.769. The summed E-state index contributed by atoms with van der Waals surface area (Å²) in [5, 5.41) is 14.2. The van der Waals surface area contributed by atoms with E-state index >= 15 is 0 Å². The number of alkyl halides is 3. The van der Waals surface area contributed by atoms with Crippen molar-refractivity contribution in [3.8, 4) is 0 Å². The lowest BCUT2D eigenvalue weighted by atomic mass is 10.0. The first kappa shape index (κ1) is 15.5. The van der Waals surface area contributed by atoms with Gasteiger partial charge in [-0.25, -0.2) is 4.98 Å². The molecule has 1 aromatic heterocycles. The summed E-state index contributed by atoms with van der Waals surface area (Å²) >= 11 is 0. The number of aliphatic hydroxyl groups excluding tert-OH is 1. The summed E-state index contributed by atoms with van der Waals surface area (Å²) in [6.07, 6.45) is -4.15. The van der Waals surface area contributed by atoms with E-state index in [1.54, 1.807) is 13.8 Å². The second kappa shape index (κ2) is 5.60. The van der Waals surface area contributed by atoms with Gasteiger partial charge >= 0.3 is 6.18 Å². The van der Waals surface area contributed by atoms with Crippen LogP contribution in [0.3, 0.4) is 0 Å². The molecule has 0 atom stereocenters. The van der Waals surface area contributed by atoms with Crippen molar-refractivity contribution in [2.45, 2.75) is 32.0 Å². The predicted octanol–water partition coefficient (Wildman–Crippen LogP) is 2.11. The summed E-state index contributed by atoms with van der Waals surface area (Å²) in [5.41, 5.74) is -1.59. The number of nitrogens with zero attached hydrogens (tertiary/aromatic N) is 2. The van der Waals surface area contributed by atoms with Gasteiger partial charge in [0.2, 0.25) is 5.95 Å². The fourth-order valence-electron chi connectivity index (χ4n) is 1.46. The Morgan fingerprint density at radius 3 is 2.37 bits per heavy atom. The van der Waals surface area contributed by atoms with Crippen molar-refractivity contribution in [3.63, 3.8) is 0 Å². The van der Waals surface area contributed by atoms with Crippen molar-refractivity contribution in [2.24, 2.45) is 0 Å². The van der Waals surface area contributed by atoms with Crippen molar-refractivity contribution in [2.75, 3.05) is 24.3 Å². The fourth-order valence-corrected chi connectivity index (χ4v) is 1.46. The molecule has 0 aromatic carbocycles. The molecule has 1 aromatic rings. The van der Waals surface area contributed by atoms with Gasteiger partial charge in [-0.05, 0) is 20.3 Å². The van der Waals surface area contributed by atoms with Gasteiger partial charge in [0.05, 0.1) is 0 Å². The van der Waals surface area contributed by atoms with E-state index in [2.05, 4.69) is 20.6 Å². The van der Waals surface area contributed by atoms with Gasteiger partial charge in [0.15, 0.2) is 5.69 Å². The summed E-state index contributed by atoms with van der Waals surface area (Å²) in [7, 11) is 1.44. The van der Waals surface area contributed by atoms with Crippen LogP contribution in [-0.2, 0) is 6.18 Å². The number of aliphatic hydroxyl groups is 1. The highest BCUT2D eigenvalue weighted by molar-refractivity contribution is 5.44. The van der Waals surface area contributed by atoms with Crippen LogP contribution in [0.5, 0.6) is 0 Å². The van der Waals surface area contributed by atoms with Crippen LogP contribution in [0, 0.1) is 0 Å². The molecule has 0 aliphatic heterocycles. The minimum absolute atomic E-state index is 0.0603. The smallest absolute Gasteiger partial charge is 0.396 e. The molecular weight excluding hydrogens is 261 g/mol. The Balaban J connectivity index is 3.07. The van der Waals surface area contributed by atoms with Crippen molar-refractivity contribution in [1.29, 1.82) is 0 Å². The summed E-state index contributed by atoms with van der Waals surface area (Å²) < 4.78 is 38.0. The summed E-state index contributed by atoms with van der Waals surface area (Å²) in [6, 6.07) is 0.847. The number of rotatable bonds is 5. The zero-order valence-corrected chi connectivity index (χ0v) is 11.0. The molecule has 0 unspecified atom stereocenters. The number of halogens is 3. The second-order valence-corrected chi connectivity index (χ2v) is 4.69. The van der Waals surface area contributed by atoms with Crippen molar-refractivity contribution in [1.82, 2.24) is 9.97 Å². The molecule has 0 aliphatic rings. The van der Waals surface area contributed by atoms with E-state index in [0.717, 1.165) is 6.07 Å². The molecule has 0 saturated heterocycles. The Labute approximate surface area is 109 Å². The molecule has 0 saturated carbocycles. The van der Waals surface area contributed by atoms with Gasteiger partial charge < -0.3 is 15.7 Å². The number of hydrogen-bond acceptors (Lipinski definition) is 5. The first-order chi connectivity index (χ1) is 8.68. The van der Waals surface area contributed by atoms with Crippen molar-refractivity contribution < 1.29 is 18.3 Å². The van der Waals surface area contributed by atoms with Crippen molar-refractivity contribution in [3.05, 3.63) is 11.8 Å². The minimum atomic E-state index is -4.54. The Hall–Kier alpha value is -1.57. The van der Waals surface area contributed by atoms with Crippen LogP contribution < -0.4 is 10.6 Å². The maximum Gasteiger partial charge on any atom is 0.433 e. The van der Waals surface area contributed by atoms with E-state index < -0.39 is 17.4 Å². The van der Waals surface area contributed by atoms with E-state index in [0.29, 0.717) is 6.42 Å². The van der Waals surface area contributed by atoms with E-state index in [1.807, 2.05) is 0 Å². The second-order valence-electron chi connectivity index (χ2n) is 4.69. The predicted molar refractivity (Wildman–Crippen MR) is 66.0 cm³/mol. The minimum Gasteiger partial charge on any atom is -0.396 e. The molecule has 8 heteroatoms. The Morgan fingerprint density at radius 2 is 1.89 bits per heavy atom. The molecule has 0 spiro atoms. The highest BCUT2D eigenvalue weighted by atomic mass is 19.4. The molecular formula is C11H17F3N4O. The highest BCUT2D eigenvalue weighted by Gasteiger charge is 2.34. The zero-order chi connectivity index (χ0) is 14.7. The monoisotopic (exact) mass is 278 g/mol. The van der Waals surface area contributed by atoms with E-state index in [-0.39, 0.29) is 18.4 Å². The lowest BCUT2D eigenvalue weighted by molar-refractivity contribution is -0.141. The molecule has 1 rings (SSSR count). The first-order valence-electron chi connectivity index (χ1n) is 5.71. The fraction of sp³-hybridized carbons (Fsp3) is 0.636. The summed E-state index contributed by atoms with van der Waals surface area (Å²) in [6.45, 7) is 3.45. The maximum atomic E-state index is 12.7. The molecule has 0 bridgehead atoms. The Kier molecular flexibility index (Phi) is 4.56. The Bertz CT molecular complexity index is 434. The van der Waals surface area contributed by atoms with Crippen LogP contribution in [-0.4, -0.2) is 34.3 Å². The molecule has 0 amide bonds. The average molecular weight is 278 g/mol. The van der Waals surface area contributed by atoms with Crippen molar-refractivity contribution >= 4 is 11.8 Å². The number of aromatic nitrogens is 2. The molecule has 108 valence electrons. The SMILES string of the molecule is CNc1nc(NC(C)(C)CCO)cc(C(F)(F)F)n1. The van der Waals surface area contributed by atoms with E-state index in [1.165, 1.54) is 7.05 Å². The summed E-state index contributed by atoms with van der Waals surface area (Å²) in [4.78, 5) is 7.28. The maximum absolute atomic E-state index is 12.7. The van der Waals surface area contributed by atoms with E-state index in [9.17, 15) is 13.2 Å². The van der Waals surface area contributed by atoms with Crippen LogP contribution in [0.25, 0.3) is 0 Å². The molecule has 0 fully saturated rings. The van der Waals surface area contributed by atoms with Gasteiger partial charge in [-0.3, -0.25) is 0 Å². The average Bonchev–Trinajstić information content (AvgIpc) is 2.26. The third-order valence-electron chi connectivity index (χ3n) is 2.44. The molecule has 0 radical (unpaired) electrons. The number of hydrogen-bond donors (Lipinski definition) is 3. The van der Waals surface area contributed by atoms with Crippen LogP contribution in [0.1, 0.15) is 26.0 Å². The van der Waals surface area contributed by atoms with E-state index in [4.69, 9.17) is 5.11 Å². The standard InChI is InChI=1S/C11H17F3N4O/c1-10(2,4-5-19)18-8-6-7(11(12,13)14)16-9(15-3)17-8/h6,19H,4-5H2,1-3H3,(H2,15,16,17,18). The number of anilines is 2. The third kappa shape index (κ3) is 4.55. The molecule has 19 heavy (non-hydrogen) atoms. The van der Waals surface area contributed by atoms with Crippen LogP contribution in [0.4, 0.5) is 24.9 Å². The third-order valence-corrected chi connectivity index (χ3v) is 2.44. The molecule has 0 aliphatic carbocycles. The van der Waals surface area contributed by atoms with Crippen LogP contribution in [0.15, 0.2) is 6.07 Å². The lowest BCUT2D eigenvalue weighted by Gasteiger charge is -2.26. The van der Waals surface area contributed by atoms with Crippen LogP contribution in [0.2, 0.25) is 0 Å². The highest BCUT2D eigenvalue weighted by Crippen LogP contribution is 2.30. The summed E-state index contributed by atoms with van der Waals surface area (Å²) in [5.74, 6) is -0.0535. The van der Waals surface area contributed by atoms with Gasteiger partial charge in [-0.1, -0.05) is 0 Å².